The third-order valence-corrected chi connectivity index (χ3v) is 7.05. The molecule has 3 heteroatoms. The molecule has 2 saturated carbocycles. The molecule has 0 spiro atoms. The minimum Gasteiger partial charge on any atom is -0.488 e. The average molecular weight is 362 g/mol. The van der Waals surface area contributed by atoms with Gasteiger partial charge in [-0.05, 0) is 56.4 Å². The fourth-order valence-corrected chi connectivity index (χ4v) is 5.45. The molecule has 0 amide bonds. The molecule has 2 aliphatic carbocycles. The smallest absolute Gasteiger partial charge is 0.146 e. The molecule has 0 saturated heterocycles. The van der Waals surface area contributed by atoms with Crippen molar-refractivity contribution in [3.05, 3.63) is 59.2 Å². The van der Waals surface area contributed by atoms with E-state index in [9.17, 15) is 4.79 Å². The van der Waals surface area contributed by atoms with Crippen molar-refractivity contribution in [1.82, 2.24) is 0 Å². The van der Waals surface area contributed by atoms with Crippen LogP contribution >= 0.6 is 0 Å². The summed E-state index contributed by atoms with van der Waals surface area (Å²) < 4.78 is 12.8. The van der Waals surface area contributed by atoms with Gasteiger partial charge in [-0.1, -0.05) is 37.3 Å². The Morgan fingerprint density at radius 1 is 1.15 bits per heavy atom. The van der Waals surface area contributed by atoms with Crippen LogP contribution in [0.4, 0.5) is 0 Å². The predicted molar refractivity (Wildman–Crippen MR) is 104 cm³/mol. The van der Waals surface area contributed by atoms with Crippen LogP contribution in [0.15, 0.2) is 42.5 Å². The second-order valence-electron chi connectivity index (χ2n) is 9.08. The number of hydrogen-bond donors (Lipinski definition) is 0. The van der Waals surface area contributed by atoms with Crippen molar-refractivity contribution in [2.24, 2.45) is 11.3 Å². The minimum atomic E-state index is -0.242. The first kappa shape index (κ1) is 16.9. The van der Waals surface area contributed by atoms with Crippen molar-refractivity contribution >= 4 is 5.78 Å². The van der Waals surface area contributed by atoms with Crippen molar-refractivity contribution in [3.8, 4) is 11.5 Å². The molecule has 0 radical (unpaired) electrons. The van der Waals surface area contributed by atoms with E-state index >= 15 is 0 Å². The fourth-order valence-electron chi connectivity index (χ4n) is 5.45. The van der Waals surface area contributed by atoms with Crippen LogP contribution in [-0.4, -0.2) is 11.4 Å². The van der Waals surface area contributed by atoms with Gasteiger partial charge in [0.05, 0.1) is 5.92 Å². The van der Waals surface area contributed by atoms with Crippen LogP contribution in [-0.2, 0) is 11.4 Å². The number of rotatable bonds is 3. The first-order valence-electron chi connectivity index (χ1n) is 9.94. The maximum atomic E-state index is 13.4. The highest BCUT2D eigenvalue weighted by Gasteiger charge is 2.64. The van der Waals surface area contributed by atoms with Crippen LogP contribution in [0.2, 0.25) is 0 Å². The Morgan fingerprint density at radius 2 is 1.93 bits per heavy atom. The number of carbonyl (C=O) groups excluding carboxylic acids is 1. The Hall–Kier alpha value is -2.29. The number of fused-ring (bicyclic) bond motifs is 3. The molecular formula is C24H26O3. The van der Waals surface area contributed by atoms with E-state index in [0.29, 0.717) is 12.4 Å². The molecule has 0 unspecified atom stereocenters. The second kappa shape index (κ2) is 5.60. The van der Waals surface area contributed by atoms with Gasteiger partial charge in [0.2, 0.25) is 0 Å². The van der Waals surface area contributed by atoms with E-state index in [4.69, 9.17) is 9.47 Å². The lowest BCUT2D eigenvalue weighted by atomic mass is 9.68. The Morgan fingerprint density at radius 3 is 2.70 bits per heavy atom. The first-order chi connectivity index (χ1) is 12.9. The van der Waals surface area contributed by atoms with E-state index in [2.05, 4.69) is 45.0 Å². The zero-order valence-corrected chi connectivity index (χ0v) is 16.2. The van der Waals surface area contributed by atoms with Crippen LogP contribution in [0.5, 0.6) is 11.5 Å². The molecule has 0 N–H and O–H groups in total. The summed E-state index contributed by atoms with van der Waals surface area (Å²) in [5.41, 5.74) is 2.76. The molecule has 1 aliphatic heterocycles. The number of benzene rings is 2. The largest absolute Gasteiger partial charge is 0.488 e. The van der Waals surface area contributed by atoms with Gasteiger partial charge in [0, 0.05) is 16.9 Å². The lowest BCUT2D eigenvalue weighted by Crippen LogP contribution is -2.47. The van der Waals surface area contributed by atoms with Gasteiger partial charge in [-0.2, -0.15) is 0 Å². The van der Waals surface area contributed by atoms with Crippen LogP contribution in [0.25, 0.3) is 0 Å². The molecular weight excluding hydrogens is 336 g/mol. The van der Waals surface area contributed by atoms with Gasteiger partial charge in [0.15, 0.2) is 0 Å². The Bertz CT molecular complexity index is 919. The third-order valence-electron chi connectivity index (χ3n) is 7.05. The molecule has 2 bridgehead atoms. The molecule has 27 heavy (non-hydrogen) atoms. The van der Waals surface area contributed by atoms with Crippen molar-refractivity contribution in [2.45, 2.75) is 58.2 Å². The lowest BCUT2D eigenvalue weighted by molar-refractivity contribution is -0.126. The van der Waals surface area contributed by atoms with E-state index in [-0.39, 0.29) is 22.9 Å². The van der Waals surface area contributed by atoms with Crippen molar-refractivity contribution in [2.75, 3.05) is 0 Å². The van der Waals surface area contributed by atoms with Gasteiger partial charge in [-0.25, -0.2) is 0 Å². The maximum absolute atomic E-state index is 13.4. The van der Waals surface area contributed by atoms with Gasteiger partial charge in [0.25, 0.3) is 0 Å². The molecule has 1 heterocycles. The molecule has 140 valence electrons. The normalized spacial score (nSPS) is 33.4. The highest BCUT2D eigenvalue weighted by molar-refractivity contribution is 5.95. The summed E-state index contributed by atoms with van der Waals surface area (Å²) in [6.45, 7) is 6.89. The van der Waals surface area contributed by atoms with E-state index in [1.807, 2.05) is 18.2 Å². The average Bonchev–Trinajstić information content (AvgIpc) is 2.89. The van der Waals surface area contributed by atoms with Crippen LogP contribution in [0, 0.1) is 18.3 Å². The summed E-state index contributed by atoms with van der Waals surface area (Å²) in [5.74, 6) is 2.19. The molecule has 3 nitrogen and oxygen atoms in total. The van der Waals surface area contributed by atoms with Crippen LogP contribution in [0.3, 0.4) is 0 Å². The fraction of sp³-hybridized carbons (Fsp3) is 0.458. The number of ketones is 1. The molecule has 0 aromatic heterocycles. The second-order valence-corrected chi connectivity index (χ2v) is 9.08. The summed E-state index contributed by atoms with van der Waals surface area (Å²) in [6, 6.07) is 14.3. The Labute approximate surface area is 160 Å². The summed E-state index contributed by atoms with van der Waals surface area (Å²) in [6.07, 6.45) is 2.80. The Balaban J connectivity index is 1.59. The van der Waals surface area contributed by atoms with Gasteiger partial charge >= 0.3 is 0 Å². The summed E-state index contributed by atoms with van der Waals surface area (Å²) in [7, 11) is 0. The van der Waals surface area contributed by atoms with Gasteiger partial charge < -0.3 is 9.47 Å². The topological polar surface area (TPSA) is 35.5 Å². The lowest BCUT2D eigenvalue weighted by Gasteiger charge is -2.46. The first-order valence-corrected chi connectivity index (χ1v) is 9.94. The van der Waals surface area contributed by atoms with E-state index in [0.717, 1.165) is 47.5 Å². The standard InChI is InChI=1S/C24H26O3/c1-15-11-18(26-14-16-7-5-4-6-8-16)21-19(12-15)27-24(3)10-9-23(2)13-17(24)20(21)22(23)25/h4-8,11-12,17,20H,9-10,13-14H2,1-3H3/t17-,20+,23-,24-/m1/s1. The van der Waals surface area contributed by atoms with Crippen LogP contribution < -0.4 is 9.47 Å². The van der Waals surface area contributed by atoms with E-state index < -0.39 is 0 Å². The van der Waals surface area contributed by atoms with Crippen LogP contribution in [0.1, 0.15) is 55.7 Å². The number of carbonyl (C=O) groups is 1. The highest BCUT2D eigenvalue weighted by atomic mass is 16.5. The highest BCUT2D eigenvalue weighted by Crippen LogP contribution is 2.64. The minimum absolute atomic E-state index is 0.0994. The SMILES string of the molecule is Cc1cc(OCc2ccccc2)c2c(c1)O[C@]1(C)CC[C@]3(C)C[C@@H]1[C@@H]2C3=O. The summed E-state index contributed by atoms with van der Waals surface area (Å²) in [4.78, 5) is 13.4. The van der Waals surface area contributed by atoms with E-state index in [1.165, 1.54) is 0 Å². The maximum Gasteiger partial charge on any atom is 0.146 e. The molecule has 4 atom stereocenters. The Kier molecular flexibility index (Phi) is 3.50. The zero-order valence-electron chi connectivity index (χ0n) is 16.2. The number of Topliss-reactive ketones (excluding diaryl/α,β-unsaturated/α-hetero) is 1. The molecule has 2 fully saturated rings. The molecule has 2 aromatic rings. The van der Waals surface area contributed by atoms with Gasteiger partial charge in [-0.15, -0.1) is 0 Å². The van der Waals surface area contributed by atoms with Crippen molar-refractivity contribution in [3.63, 3.8) is 0 Å². The van der Waals surface area contributed by atoms with Crippen molar-refractivity contribution in [1.29, 1.82) is 0 Å². The number of ether oxygens (including phenoxy) is 2. The monoisotopic (exact) mass is 362 g/mol. The molecule has 2 aromatic carbocycles. The summed E-state index contributed by atoms with van der Waals surface area (Å²) >= 11 is 0. The quantitative estimate of drug-likeness (QED) is 0.753. The van der Waals surface area contributed by atoms with Gasteiger partial charge in [0.1, 0.15) is 29.5 Å². The van der Waals surface area contributed by atoms with Gasteiger partial charge in [-0.3, -0.25) is 4.79 Å². The number of hydrogen-bond acceptors (Lipinski definition) is 3. The zero-order chi connectivity index (χ0) is 18.8. The van der Waals surface area contributed by atoms with E-state index in [1.54, 1.807) is 0 Å². The molecule has 3 aliphatic rings. The third kappa shape index (κ3) is 2.44. The van der Waals surface area contributed by atoms with Crippen molar-refractivity contribution < 1.29 is 14.3 Å². The molecule has 5 rings (SSSR count). The number of aryl methyl sites for hydroxylation is 1. The summed E-state index contributed by atoms with van der Waals surface area (Å²) in [5, 5.41) is 0. The predicted octanol–water partition coefficient (Wildman–Crippen LogP) is 5.20.